The highest BCUT2D eigenvalue weighted by molar-refractivity contribution is 5.76. The molecule has 4 saturated carbocycles. The molecule has 1 aliphatic heterocycles. The molecule has 0 amide bonds. The number of hydrogen-bond donors (Lipinski definition) is 1. The summed E-state index contributed by atoms with van der Waals surface area (Å²) in [6, 6.07) is 0. The molecule has 0 spiro atoms. The fourth-order valence-corrected chi connectivity index (χ4v) is 4.44. The molecule has 1 N–H and O–H groups in total. The molecular weight excluding hydrogens is 180 g/mol. The normalized spacial score (nSPS) is 63.2. The van der Waals surface area contributed by atoms with E-state index in [-0.39, 0.29) is 11.9 Å². The lowest BCUT2D eigenvalue weighted by atomic mass is 9.86. The van der Waals surface area contributed by atoms with Crippen LogP contribution in [0.1, 0.15) is 12.8 Å². The van der Waals surface area contributed by atoms with Crippen molar-refractivity contribution in [3.05, 3.63) is 0 Å². The summed E-state index contributed by atoms with van der Waals surface area (Å²) in [5.41, 5.74) is 0. The maximum Gasteiger partial charge on any atom is 0.312 e. The number of hydrogen-bond acceptors (Lipinski definition) is 3. The number of cyclic esters (lactones) is 1. The van der Waals surface area contributed by atoms with Gasteiger partial charge in [-0.15, -0.1) is 0 Å². The lowest BCUT2D eigenvalue weighted by Gasteiger charge is -2.20. The van der Waals surface area contributed by atoms with Crippen LogP contribution in [0.4, 0.5) is 0 Å². The lowest BCUT2D eigenvalue weighted by Crippen LogP contribution is -2.33. The molecule has 0 radical (unpaired) electrons. The molecule has 5 fully saturated rings. The van der Waals surface area contributed by atoms with E-state index in [1.54, 1.807) is 0 Å². The van der Waals surface area contributed by atoms with E-state index in [0.717, 1.165) is 24.7 Å². The summed E-state index contributed by atoms with van der Waals surface area (Å²) in [6.45, 7) is 0.574. The van der Waals surface area contributed by atoms with Gasteiger partial charge in [-0.3, -0.25) is 4.79 Å². The van der Waals surface area contributed by atoms with E-state index in [1.165, 1.54) is 0 Å². The molecule has 5 rings (SSSR count). The topological polar surface area (TPSA) is 46.5 Å². The standard InChI is InChI=1S/C11H14O3/c12-10-4-1-5-6(2-4)8(5)7-3-14-11(13)9(7)10/h4-10,12H,1-3H2. The Kier molecular flexibility index (Phi) is 1.19. The van der Waals surface area contributed by atoms with Gasteiger partial charge in [-0.05, 0) is 36.5 Å². The quantitative estimate of drug-likeness (QED) is 0.568. The summed E-state index contributed by atoms with van der Waals surface area (Å²) in [4.78, 5) is 11.5. The highest BCUT2D eigenvalue weighted by Crippen LogP contribution is 2.68. The van der Waals surface area contributed by atoms with E-state index in [2.05, 4.69) is 0 Å². The van der Waals surface area contributed by atoms with Crippen molar-refractivity contribution < 1.29 is 14.6 Å². The van der Waals surface area contributed by atoms with E-state index in [1.807, 2.05) is 0 Å². The van der Waals surface area contributed by atoms with Crippen LogP contribution in [0.2, 0.25) is 0 Å². The molecule has 4 bridgehead atoms. The molecule has 4 aliphatic carbocycles. The maximum atomic E-state index is 11.5. The highest BCUT2D eigenvalue weighted by Gasteiger charge is 2.68. The Balaban J connectivity index is 1.78. The summed E-state index contributed by atoms with van der Waals surface area (Å²) in [5, 5.41) is 10.1. The summed E-state index contributed by atoms with van der Waals surface area (Å²) >= 11 is 0. The van der Waals surface area contributed by atoms with Gasteiger partial charge in [0.25, 0.3) is 0 Å². The number of carbonyl (C=O) groups is 1. The van der Waals surface area contributed by atoms with Crippen LogP contribution in [-0.2, 0) is 9.53 Å². The first-order valence-electron chi connectivity index (χ1n) is 5.62. The third-order valence-electron chi connectivity index (χ3n) is 5.04. The first-order valence-corrected chi connectivity index (χ1v) is 5.62. The van der Waals surface area contributed by atoms with Gasteiger partial charge in [0.05, 0.1) is 18.6 Å². The second-order valence-corrected chi connectivity index (χ2v) is 5.45. The van der Waals surface area contributed by atoms with E-state index in [9.17, 15) is 9.90 Å². The molecule has 0 aromatic heterocycles. The van der Waals surface area contributed by atoms with Crippen LogP contribution in [0.25, 0.3) is 0 Å². The molecule has 5 unspecified atom stereocenters. The van der Waals surface area contributed by atoms with Gasteiger partial charge in [-0.1, -0.05) is 0 Å². The fourth-order valence-electron chi connectivity index (χ4n) is 4.44. The van der Waals surface area contributed by atoms with Gasteiger partial charge >= 0.3 is 5.97 Å². The lowest BCUT2D eigenvalue weighted by molar-refractivity contribution is -0.145. The fraction of sp³-hybridized carbons (Fsp3) is 0.909. The largest absolute Gasteiger partial charge is 0.465 e. The van der Waals surface area contributed by atoms with Crippen LogP contribution in [0.5, 0.6) is 0 Å². The molecule has 5 atom stereocenters. The Labute approximate surface area is 82.4 Å². The predicted molar refractivity (Wildman–Crippen MR) is 47.1 cm³/mol. The third-order valence-corrected chi connectivity index (χ3v) is 5.04. The molecule has 0 aromatic carbocycles. The summed E-state index contributed by atoms with van der Waals surface area (Å²) < 4.78 is 5.09. The Morgan fingerprint density at radius 1 is 1.21 bits per heavy atom. The number of ether oxygens (including phenoxy) is 1. The van der Waals surface area contributed by atoms with Crippen LogP contribution < -0.4 is 0 Å². The van der Waals surface area contributed by atoms with Gasteiger partial charge in [-0.2, -0.15) is 0 Å². The summed E-state index contributed by atoms with van der Waals surface area (Å²) in [7, 11) is 0. The van der Waals surface area contributed by atoms with Crippen molar-refractivity contribution in [1.29, 1.82) is 0 Å². The van der Waals surface area contributed by atoms with Crippen molar-refractivity contribution in [2.24, 2.45) is 35.5 Å². The minimum absolute atomic E-state index is 0.138. The summed E-state index contributed by atoms with van der Waals surface area (Å²) in [5.74, 6) is 2.77. The van der Waals surface area contributed by atoms with Crippen molar-refractivity contribution >= 4 is 5.97 Å². The minimum atomic E-state index is -0.407. The molecule has 0 aromatic rings. The van der Waals surface area contributed by atoms with Gasteiger partial charge < -0.3 is 9.84 Å². The van der Waals surface area contributed by atoms with Gasteiger partial charge in [0, 0.05) is 5.92 Å². The van der Waals surface area contributed by atoms with Crippen molar-refractivity contribution in [2.45, 2.75) is 18.9 Å². The van der Waals surface area contributed by atoms with Gasteiger partial charge in [0.1, 0.15) is 0 Å². The van der Waals surface area contributed by atoms with Crippen LogP contribution in [0.15, 0.2) is 0 Å². The number of esters is 1. The highest BCUT2D eigenvalue weighted by atomic mass is 16.5. The molecule has 1 heterocycles. The zero-order chi connectivity index (χ0) is 9.45. The van der Waals surface area contributed by atoms with Crippen LogP contribution in [0.3, 0.4) is 0 Å². The van der Waals surface area contributed by atoms with E-state index in [0.29, 0.717) is 24.4 Å². The van der Waals surface area contributed by atoms with Crippen molar-refractivity contribution in [3.8, 4) is 0 Å². The number of aliphatic hydroxyl groups excluding tert-OH is 1. The number of carbonyl (C=O) groups excluding carboxylic acids is 1. The molecule has 3 nitrogen and oxygen atoms in total. The smallest absolute Gasteiger partial charge is 0.312 e. The number of aliphatic hydroxyl groups is 1. The summed E-state index contributed by atoms with van der Waals surface area (Å²) in [6.07, 6.45) is 1.92. The Morgan fingerprint density at radius 3 is 2.64 bits per heavy atom. The van der Waals surface area contributed by atoms with E-state index < -0.39 is 6.10 Å². The Morgan fingerprint density at radius 2 is 1.93 bits per heavy atom. The van der Waals surface area contributed by atoms with Crippen molar-refractivity contribution in [1.82, 2.24) is 0 Å². The Hall–Kier alpha value is -0.570. The molecule has 1 saturated heterocycles. The first kappa shape index (κ1) is 7.69. The van der Waals surface area contributed by atoms with Gasteiger partial charge in [0.2, 0.25) is 0 Å². The average molecular weight is 194 g/mol. The van der Waals surface area contributed by atoms with E-state index >= 15 is 0 Å². The van der Waals surface area contributed by atoms with Gasteiger partial charge in [0.15, 0.2) is 0 Å². The molecular formula is C11H14O3. The second-order valence-electron chi connectivity index (χ2n) is 5.45. The third kappa shape index (κ3) is 0.691. The van der Waals surface area contributed by atoms with Crippen molar-refractivity contribution in [3.63, 3.8) is 0 Å². The molecule has 5 aliphatic rings. The average Bonchev–Trinajstić information content (AvgIpc) is 2.58. The SMILES string of the molecule is O=C1OCC2C1C(O)C1CC3C(C1)C32. The van der Waals surface area contributed by atoms with Crippen molar-refractivity contribution in [2.75, 3.05) is 6.61 Å². The second kappa shape index (κ2) is 2.16. The monoisotopic (exact) mass is 194 g/mol. The molecule has 14 heavy (non-hydrogen) atoms. The van der Waals surface area contributed by atoms with Crippen LogP contribution in [0, 0.1) is 35.5 Å². The first-order chi connectivity index (χ1) is 6.77. The van der Waals surface area contributed by atoms with Gasteiger partial charge in [-0.25, -0.2) is 0 Å². The van der Waals surface area contributed by atoms with E-state index in [4.69, 9.17) is 4.74 Å². The van der Waals surface area contributed by atoms with Crippen LogP contribution >= 0.6 is 0 Å². The Bertz CT molecular complexity index is 302. The number of rotatable bonds is 0. The maximum absolute atomic E-state index is 11.5. The molecule has 76 valence electrons. The zero-order valence-corrected chi connectivity index (χ0v) is 7.93. The van der Waals surface area contributed by atoms with Crippen LogP contribution in [-0.4, -0.2) is 23.8 Å². The molecule has 3 heteroatoms. The zero-order valence-electron chi connectivity index (χ0n) is 7.93. The predicted octanol–water partition coefficient (Wildman–Crippen LogP) is 0.422. The minimum Gasteiger partial charge on any atom is -0.465 e.